The molecule has 130 valence electrons. The lowest BCUT2D eigenvalue weighted by Crippen LogP contribution is -2.37. The van der Waals surface area contributed by atoms with Gasteiger partial charge in [-0.2, -0.15) is 0 Å². The number of rotatable bonds is 6. The third kappa shape index (κ3) is 6.93. The van der Waals surface area contributed by atoms with Crippen LogP contribution < -0.4 is 10.2 Å². The van der Waals surface area contributed by atoms with Gasteiger partial charge in [0.2, 0.25) is 0 Å². The number of nitrogens with one attached hydrogen (secondary N) is 1. The van der Waals surface area contributed by atoms with Crippen LogP contribution in [-0.4, -0.2) is 44.7 Å². The lowest BCUT2D eigenvalue weighted by Gasteiger charge is -2.23. The minimum atomic E-state index is 0. The zero-order chi connectivity index (χ0) is 13.7. The number of likely N-dealkylation sites (tertiary alicyclic amines) is 1. The van der Waals surface area contributed by atoms with Crippen molar-refractivity contribution in [2.45, 2.75) is 32.4 Å². The van der Waals surface area contributed by atoms with E-state index in [9.17, 15) is 0 Å². The molecule has 22 heavy (non-hydrogen) atoms. The van der Waals surface area contributed by atoms with E-state index >= 15 is 0 Å². The fourth-order valence-corrected chi connectivity index (χ4v) is 2.84. The summed E-state index contributed by atoms with van der Waals surface area (Å²) >= 11 is 0. The quantitative estimate of drug-likeness (QED) is 0.825. The van der Waals surface area contributed by atoms with Gasteiger partial charge >= 0.3 is 0 Å². The van der Waals surface area contributed by atoms with Gasteiger partial charge in [-0.05, 0) is 43.6 Å². The predicted molar refractivity (Wildman–Crippen MR) is 104 cm³/mol. The fourth-order valence-electron chi connectivity index (χ4n) is 2.84. The molecular formula is C16H30Cl3N3. The smallest absolute Gasteiger partial charge is 0.0361 e. The Balaban J connectivity index is 0. The average Bonchev–Trinajstić information content (AvgIpc) is 2.87. The van der Waals surface area contributed by atoms with E-state index in [1.165, 1.54) is 37.2 Å². The minimum Gasteiger partial charge on any atom is -0.378 e. The Hall–Kier alpha value is -0.190. The average molecular weight is 371 g/mol. The van der Waals surface area contributed by atoms with Crippen molar-refractivity contribution in [2.75, 3.05) is 38.6 Å². The van der Waals surface area contributed by atoms with Gasteiger partial charge in [-0.1, -0.05) is 19.1 Å². The number of nitrogens with zero attached hydrogens (tertiary/aromatic N) is 2. The Kier molecular flexibility index (Phi) is 13.4. The van der Waals surface area contributed by atoms with Crippen molar-refractivity contribution in [1.82, 2.24) is 10.2 Å². The van der Waals surface area contributed by atoms with Crippen molar-refractivity contribution in [3.63, 3.8) is 0 Å². The Morgan fingerprint density at radius 2 is 1.77 bits per heavy atom. The van der Waals surface area contributed by atoms with Crippen LogP contribution in [0.3, 0.4) is 0 Å². The maximum absolute atomic E-state index is 3.60. The molecule has 1 unspecified atom stereocenters. The molecule has 0 spiro atoms. The first-order valence-electron chi connectivity index (χ1n) is 7.41. The van der Waals surface area contributed by atoms with Gasteiger partial charge in [0, 0.05) is 38.9 Å². The van der Waals surface area contributed by atoms with E-state index < -0.39 is 0 Å². The summed E-state index contributed by atoms with van der Waals surface area (Å²) in [6.07, 6.45) is 2.71. The second-order valence-corrected chi connectivity index (χ2v) is 5.62. The summed E-state index contributed by atoms with van der Waals surface area (Å²) in [5.41, 5.74) is 2.63. The molecule has 0 saturated carbocycles. The molecule has 1 saturated heterocycles. The van der Waals surface area contributed by atoms with E-state index in [4.69, 9.17) is 0 Å². The largest absolute Gasteiger partial charge is 0.378 e. The van der Waals surface area contributed by atoms with Crippen LogP contribution in [0.4, 0.5) is 5.69 Å². The lowest BCUT2D eigenvalue weighted by molar-refractivity contribution is 0.260. The molecule has 1 aliphatic heterocycles. The Morgan fingerprint density at radius 3 is 2.32 bits per heavy atom. The normalized spacial score (nSPS) is 17.1. The van der Waals surface area contributed by atoms with Crippen LogP contribution in [0.25, 0.3) is 0 Å². The summed E-state index contributed by atoms with van der Waals surface area (Å²) < 4.78 is 0. The molecular weight excluding hydrogens is 341 g/mol. The van der Waals surface area contributed by atoms with E-state index in [-0.39, 0.29) is 37.2 Å². The summed E-state index contributed by atoms with van der Waals surface area (Å²) in [5.74, 6) is 0. The molecule has 1 N–H and O–H groups in total. The van der Waals surface area contributed by atoms with Crippen LogP contribution in [-0.2, 0) is 6.54 Å². The second-order valence-electron chi connectivity index (χ2n) is 5.62. The van der Waals surface area contributed by atoms with Gasteiger partial charge in [-0.3, -0.25) is 4.90 Å². The minimum absolute atomic E-state index is 0. The number of halogens is 3. The third-order valence-corrected chi connectivity index (χ3v) is 4.07. The Labute approximate surface area is 154 Å². The van der Waals surface area contributed by atoms with E-state index in [2.05, 4.69) is 60.4 Å². The van der Waals surface area contributed by atoms with Crippen molar-refractivity contribution in [1.29, 1.82) is 0 Å². The molecule has 1 aliphatic rings. The molecule has 2 rings (SSSR count). The van der Waals surface area contributed by atoms with Crippen molar-refractivity contribution in [3.05, 3.63) is 29.8 Å². The number of likely N-dealkylation sites (N-methyl/N-ethyl adjacent to an activating group) is 1. The van der Waals surface area contributed by atoms with Crippen molar-refractivity contribution in [2.24, 2.45) is 0 Å². The highest BCUT2D eigenvalue weighted by Crippen LogP contribution is 2.16. The van der Waals surface area contributed by atoms with Crippen LogP contribution in [0.2, 0.25) is 0 Å². The second kappa shape index (κ2) is 12.3. The highest BCUT2D eigenvalue weighted by Gasteiger charge is 2.21. The SMILES string of the molecule is CCN1CCCC1CNCc1ccc(N(C)C)cc1.Cl.Cl.Cl. The number of hydrogen-bond donors (Lipinski definition) is 1. The van der Waals surface area contributed by atoms with Crippen molar-refractivity contribution < 1.29 is 0 Å². The van der Waals surface area contributed by atoms with Gasteiger partial charge < -0.3 is 10.2 Å². The third-order valence-electron chi connectivity index (χ3n) is 4.07. The van der Waals surface area contributed by atoms with Crippen LogP contribution in [0.1, 0.15) is 25.3 Å². The molecule has 0 amide bonds. The summed E-state index contributed by atoms with van der Waals surface area (Å²) in [7, 11) is 4.15. The maximum Gasteiger partial charge on any atom is 0.0361 e. The standard InChI is InChI=1S/C16H27N3.3ClH/c1-4-19-11-5-6-16(19)13-17-12-14-7-9-15(10-8-14)18(2)3;;;/h7-10,16-17H,4-6,11-13H2,1-3H3;3*1H. The zero-order valence-corrected chi connectivity index (χ0v) is 16.2. The Bertz CT molecular complexity index is 385. The van der Waals surface area contributed by atoms with E-state index in [0.717, 1.165) is 19.1 Å². The molecule has 0 bridgehead atoms. The van der Waals surface area contributed by atoms with Gasteiger partial charge in [0.05, 0.1) is 0 Å². The fraction of sp³-hybridized carbons (Fsp3) is 0.625. The molecule has 1 aromatic rings. The molecule has 1 atom stereocenters. The molecule has 0 radical (unpaired) electrons. The van der Waals surface area contributed by atoms with Gasteiger partial charge in [0.25, 0.3) is 0 Å². The van der Waals surface area contributed by atoms with E-state index in [1.807, 2.05) is 0 Å². The molecule has 0 aliphatic carbocycles. The summed E-state index contributed by atoms with van der Waals surface area (Å²) in [5, 5.41) is 3.60. The zero-order valence-electron chi connectivity index (χ0n) is 13.7. The van der Waals surface area contributed by atoms with Crippen LogP contribution in [0, 0.1) is 0 Å². The number of benzene rings is 1. The maximum atomic E-state index is 3.60. The van der Waals surface area contributed by atoms with Crippen LogP contribution in [0.5, 0.6) is 0 Å². The Morgan fingerprint density at radius 1 is 1.14 bits per heavy atom. The highest BCUT2D eigenvalue weighted by molar-refractivity contribution is 5.86. The monoisotopic (exact) mass is 369 g/mol. The molecule has 1 heterocycles. The molecule has 3 nitrogen and oxygen atoms in total. The highest BCUT2D eigenvalue weighted by atomic mass is 35.5. The first kappa shape index (κ1) is 24.1. The predicted octanol–water partition coefficient (Wildman–Crippen LogP) is 3.59. The van der Waals surface area contributed by atoms with E-state index in [0.29, 0.717) is 0 Å². The molecule has 1 fully saturated rings. The van der Waals surface area contributed by atoms with Gasteiger partial charge in [-0.25, -0.2) is 0 Å². The van der Waals surface area contributed by atoms with Gasteiger partial charge in [0.15, 0.2) is 0 Å². The van der Waals surface area contributed by atoms with Gasteiger partial charge in [-0.15, -0.1) is 37.2 Å². The van der Waals surface area contributed by atoms with E-state index in [1.54, 1.807) is 0 Å². The molecule has 0 aromatic heterocycles. The van der Waals surface area contributed by atoms with Crippen molar-refractivity contribution in [3.8, 4) is 0 Å². The first-order valence-corrected chi connectivity index (χ1v) is 7.41. The topological polar surface area (TPSA) is 18.5 Å². The van der Waals surface area contributed by atoms with Crippen LogP contribution >= 0.6 is 37.2 Å². The number of hydrogen-bond acceptors (Lipinski definition) is 3. The molecule has 6 heteroatoms. The first-order chi connectivity index (χ1) is 9.20. The summed E-state index contributed by atoms with van der Waals surface area (Å²) in [4.78, 5) is 4.72. The summed E-state index contributed by atoms with van der Waals surface area (Å²) in [6.45, 7) is 6.81. The van der Waals surface area contributed by atoms with Gasteiger partial charge in [0.1, 0.15) is 0 Å². The lowest BCUT2D eigenvalue weighted by atomic mass is 10.2. The van der Waals surface area contributed by atoms with Crippen LogP contribution in [0.15, 0.2) is 24.3 Å². The number of anilines is 1. The van der Waals surface area contributed by atoms with Crippen molar-refractivity contribution >= 4 is 42.9 Å². The summed E-state index contributed by atoms with van der Waals surface area (Å²) in [6, 6.07) is 9.55. The molecule has 1 aromatic carbocycles.